The molecule has 1 amide bonds. The van der Waals surface area contributed by atoms with E-state index in [1.807, 2.05) is 49.4 Å². The molecule has 0 saturated carbocycles. The van der Waals surface area contributed by atoms with Crippen LogP contribution in [0.25, 0.3) is 0 Å². The maximum atomic E-state index is 12.9. The van der Waals surface area contributed by atoms with Gasteiger partial charge in [-0.3, -0.25) is 14.7 Å². The van der Waals surface area contributed by atoms with Crippen molar-refractivity contribution in [1.29, 1.82) is 0 Å². The normalized spacial score (nSPS) is 15.2. The molecule has 1 fully saturated rings. The van der Waals surface area contributed by atoms with Crippen LogP contribution in [0.4, 0.5) is 11.5 Å². The number of nitrogens with one attached hydrogen (secondary N) is 2. The van der Waals surface area contributed by atoms with E-state index in [2.05, 4.69) is 31.6 Å². The van der Waals surface area contributed by atoms with E-state index >= 15 is 0 Å². The van der Waals surface area contributed by atoms with Crippen molar-refractivity contribution in [3.63, 3.8) is 0 Å². The highest BCUT2D eigenvalue weighted by Gasteiger charge is 2.13. The molecule has 0 aliphatic carbocycles. The summed E-state index contributed by atoms with van der Waals surface area (Å²) in [5, 5.41) is 6.61. The Morgan fingerprint density at radius 2 is 1.97 bits per heavy atom. The second-order valence-electron chi connectivity index (χ2n) is 7.76. The Labute approximate surface area is 192 Å². The Morgan fingerprint density at radius 3 is 2.78 bits per heavy atom. The van der Waals surface area contributed by atoms with Gasteiger partial charge in [0.2, 0.25) is 0 Å². The lowest BCUT2D eigenvalue weighted by atomic mass is 10.1. The number of amides is 1. The molecule has 1 aliphatic heterocycles. The summed E-state index contributed by atoms with van der Waals surface area (Å²) in [7, 11) is 0. The van der Waals surface area contributed by atoms with E-state index in [9.17, 15) is 4.79 Å². The van der Waals surface area contributed by atoms with Gasteiger partial charge in [-0.15, -0.1) is 0 Å². The molecule has 0 radical (unpaired) electrons. The Balaban J connectivity index is 1.40. The summed E-state index contributed by atoms with van der Waals surface area (Å²) in [5.41, 5.74) is 3.50. The number of hydrogen-bond donors (Lipinski definition) is 2. The summed E-state index contributed by atoms with van der Waals surface area (Å²) < 4.78 is 5.41. The first-order chi connectivity index (χ1) is 15.6. The van der Waals surface area contributed by atoms with Crippen LogP contribution < -0.4 is 10.6 Å². The SMILES string of the molecule is CC(Nc1cncc(Cl)n1)c1cccc(NC(=O)c2cccc(CN3CCOCC3)c2)c1. The van der Waals surface area contributed by atoms with Crippen molar-refractivity contribution in [2.24, 2.45) is 0 Å². The smallest absolute Gasteiger partial charge is 0.255 e. The number of carbonyl (C=O) groups excluding carboxylic acids is 1. The third-order valence-corrected chi connectivity index (χ3v) is 5.50. The number of nitrogens with zero attached hydrogens (tertiary/aromatic N) is 3. The standard InChI is InChI=1S/C24H26ClN5O2/c1-17(27-23-15-26-14-22(25)29-23)19-5-3-7-21(13-19)28-24(31)20-6-2-4-18(12-20)16-30-8-10-32-11-9-30/h2-7,12-15,17H,8-11,16H2,1H3,(H,27,29)(H,28,31). The van der Waals surface area contributed by atoms with Gasteiger partial charge < -0.3 is 15.4 Å². The third-order valence-electron chi connectivity index (χ3n) is 5.31. The number of anilines is 2. The first kappa shape index (κ1) is 22.2. The lowest BCUT2D eigenvalue weighted by molar-refractivity contribution is 0.0342. The van der Waals surface area contributed by atoms with Gasteiger partial charge in [0.15, 0.2) is 0 Å². The minimum absolute atomic E-state index is 0.0449. The molecule has 4 rings (SSSR count). The lowest BCUT2D eigenvalue weighted by Crippen LogP contribution is -2.35. The molecule has 3 aromatic rings. The Bertz CT molecular complexity index is 1070. The molecule has 1 aromatic heterocycles. The van der Waals surface area contributed by atoms with E-state index < -0.39 is 0 Å². The average Bonchev–Trinajstić information content (AvgIpc) is 2.80. The zero-order valence-corrected chi connectivity index (χ0v) is 18.7. The van der Waals surface area contributed by atoms with Gasteiger partial charge in [-0.05, 0) is 42.3 Å². The molecule has 2 heterocycles. The minimum Gasteiger partial charge on any atom is -0.379 e. The molecular formula is C24H26ClN5O2. The highest BCUT2D eigenvalue weighted by atomic mass is 35.5. The van der Waals surface area contributed by atoms with Gasteiger partial charge >= 0.3 is 0 Å². The fraction of sp³-hybridized carbons (Fsp3) is 0.292. The molecule has 1 atom stereocenters. The van der Waals surface area contributed by atoms with Gasteiger partial charge in [-0.25, -0.2) is 4.98 Å². The quantitative estimate of drug-likeness (QED) is 0.554. The maximum absolute atomic E-state index is 12.9. The van der Waals surface area contributed by atoms with E-state index in [1.165, 1.54) is 6.20 Å². The van der Waals surface area contributed by atoms with Crippen molar-refractivity contribution in [2.75, 3.05) is 36.9 Å². The van der Waals surface area contributed by atoms with E-state index in [4.69, 9.17) is 16.3 Å². The Morgan fingerprint density at radius 1 is 1.16 bits per heavy atom. The molecule has 0 bridgehead atoms. The minimum atomic E-state index is -0.132. The van der Waals surface area contributed by atoms with Crippen LogP contribution in [0, 0.1) is 0 Å². The number of carbonyl (C=O) groups is 1. The molecule has 32 heavy (non-hydrogen) atoms. The van der Waals surface area contributed by atoms with Crippen molar-refractivity contribution >= 4 is 29.0 Å². The molecule has 1 saturated heterocycles. The van der Waals surface area contributed by atoms with Gasteiger partial charge in [0.25, 0.3) is 5.91 Å². The van der Waals surface area contributed by atoms with Crippen LogP contribution in [-0.4, -0.2) is 47.1 Å². The number of halogens is 1. The largest absolute Gasteiger partial charge is 0.379 e. The molecule has 7 nitrogen and oxygen atoms in total. The van der Waals surface area contributed by atoms with Gasteiger partial charge in [-0.1, -0.05) is 35.9 Å². The summed E-state index contributed by atoms with van der Waals surface area (Å²) in [6.07, 6.45) is 3.11. The summed E-state index contributed by atoms with van der Waals surface area (Å²) >= 11 is 5.91. The number of ether oxygens (including phenoxy) is 1. The highest BCUT2D eigenvalue weighted by Crippen LogP contribution is 2.22. The monoisotopic (exact) mass is 451 g/mol. The van der Waals surface area contributed by atoms with Crippen molar-refractivity contribution in [3.8, 4) is 0 Å². The number of hydrogen-bond acceptors (Lipinski definition) is 6. The molecule has 0 spiro atoms. The Kier molecular flexibility index (Phi) is 7.32. The van der Waals surface area contributed by atoms with Crippen LogP contribution in [0.5, 0.6) is 0 Å². The fourth-order valence-corrected chi connectivity index (χ4v) is 3.78. The highest BCUT2D eigenvalue weighted by molar-refractivity contribution is 6.29. The predicted molar refractivity (Wildman–Crippen MR) is 126 cm³/mol. The van der Waals surface area contributed by atoms with E-state index in [-0.39, 0.29) is 11.9 Å². The van der Waals surface area contributed by atoms with Crippen LogP contribution in [0.3, 0.4) is 0 Å². The number of aromatic nitrogens is 2. The third kappa shape index (κ3) is 6.03. The van der Waals surface area contributed by atoms with E-state index in [1.54, 1.807) is 6.20 Å². The summed E-state index contributed by atoms with van der Waals surface area (Å²) in [6.45, 7) is 6.17. The molecule has 1 unspecified atom stereocenters. The van der Waals surface area contributed by atoms with E-state index in [0.717, 1.165) is 49.7 Å². The van der Waals surface area contributed by atoms with Crippen molar-refractivity contribution < 1.29 is 9.53 Å². The second-order valence-corrected chi connectivity index (χ2v) is 8.15. The predicted octanol–water partition coefficient (Wildman–Crippen LogP) is 4.39. The average molecular weight is 452 g/mol. The molecular weight excluding hydrogens is 426 g/mol. The van der Waals surface area contributed by atoms with Gasteiger partial charge in [-0.2, -0.15) is 0 Å². The number of rotatable bonds is 7. The first-order valence-corrected chi connectivity index (χ1v) is 11.0. The number of benzene rings is 2. The topological polar surface area (TPSA) is 79.4 Å². The molecule has 1 aliphatic rings. The van der Waals surface area contributed by atoms with Crippen LogP contribution in [-0.2, 0) is 11.3 Å². The summed E-state index contributed by atoms with van der Waals surface area (Å²) in [4.78, 5) is 23.5. The van der Waals surface area contributed by atoms with Crippen LogP contribution in [0.15, 0.2) is 60.9 Å². The van der Waals surface area contributed by atoms with Crippen LogP contribution in [0.2, 0.25) is 5.15 Å². The van der Waals surface area contributed by atoms with E-state index in [0.29, 0.717) is 16.5 Å². The lowest BCUT2D eigenvalue weighted by Gasteiger charge is -2.26. The summed E-state index contributed by atoms with van der Waals surface area (Å²) in [6, 6.07) is 15.5. The van der Waals surface area contributed by atoms with Crippen LogP contribution >= 0.6 is 11.6 Å². The van der Waals surface area contributed by atoms with Crippen LogP contribution in [0.1, 0.15) is 34.5 Å². The maximum Gasteiger partial charge on any atom is 0.255 e. The number of morpholine rings is 1. The molecule has 2 N–H and O–H groups in total. The summed E-state index contributed by atoms with van der Waals surface area (Å²) in [5.74, 6) is 0.462. The molecule has 166 valence electrons. The van der Waals surface area contributed by atoms with Crippen molar-refractivity contribution in [3.05, 3.63) is 82.8 Å². The molecule has 8 heteroatoms. The van der Waals surface area contributed by atoms with Gasteiger partial charge in [0.1, 0.15) is 11.0 Å². The second kappa shape index (κ2) is 10.5. The van der Waals surface area contributed by atoms with Crippen molar-refractivity contribution in [2.45, 2.75) is 19.5 Å². The first-order valence-electron chi connectivity index (χ1n) is 10.6. The van der Waals surface area contributed by atoms with Gasteiger partial charge in [0.05, 0.1) is 31.6 Å². The zero-order chi connectivity index (χ0) is 22.3. The zero-order valence-electron chi connectivity index (χ0n) is 17.9. The van der Waals surface area contributed by atoms with Gasteiger partial charge in [0, 0.05) is 30.9 Å². The van der Waals surface area contributed by atoms with Crippen molar-refractivity contribution in [1.82, 2.24) is 14.9 Å². The molecule has 2 aromatic carbocycles. The Hall–Kier alpha value is -3.00. The fourth-order valence-electron chi connectivity index (χ4n) is 3.63.